The average molecular weight is 291 g/mol. The first-order chi connectivity index (χ1) is 10.2. The van der Waals surface area contributed by atoms with Crippen molar-refractivity contribution >= 4 is 5.91 Å². The Balaban J connectivity index is 1.86. The number of nitrogens with zero attached hydrogens (tertiary/aromatic N) is 2. The molecule has 0 unspecified atom stereocenters. The number of nitrogens with one attached hydrogen (secondary N) is 1. The summed E-state index contributed by atoms with van der Waals surface area (Å²) >= 11 is 0. The van der Waals surface area contributed by atoms with Crippen molar-refractivity contribution in [2.75, 3.05) is 46.9 Å². The van der Waals surface area contributed by atoms with Gasteiger partial charge in [-0.15, -0.1) is 0 Å². The van der Waals surface area contributed by atoms with Gasteiger partial charge in [0.25, 0.3) is 0 Å². The van der Waals surface area contributed by atoms with E-state index in [1.54, 1.807) is 12.0 Å². The van der Waals surface area contributed by atoms with Crippen LogP contribution in [-0.2, 0) is 11.3 Å². The van der Waals surface area contributed by atoms with Crippen molar-refractivity contribution in [1.29, 1.82) is 0 Å². The number of benzene rings is 1. The lowest BCUT2D eigenvalue weighted by Gasteiger charge is -2.23. The van der Waals surface area contributed by atoms with E-state index in [2.05, 4.69) is 10.2 Å². The van der Waals surface area contributed by atoms with Gasteiger partial charge in [-0.2, -0.15) is 0 Å². The Morgan fingerprint density at radius 2 is 2.24 bits per heavy atom. The summed E-state index contributed by atoms with van der Waals surface area (Å²) in [6, 6.07) is 7.85. The lowest BCUT2D eigenvalue weighted by Crippen LogP contribution is -2.39. The predicted molar refractivity (Wildman–Crippen MR) is 83.4 cm³/mol. The normalized spacial score (nSPS) is 16.3. The zero-order valence-corrected chi connectivity index (χ0v) is 13.0. The molecule has 0 radical (unpaired) electrons. The van der Waals surface area contributed by atoms with Gasteiger partial charge >= 0.3 is 0 Å². The SMILES string of the molecule is COc1cccc(CN(C)C(=O)CN2CCCNCC2)c1. The highest BCUT2D eigenvalue weighted by molar-refractivity contribution is 5.78. The number of carbonyl (C=O) groups excluding carboxylic acids is 1. The Bertz CT molecular complexity index is 457. The summed E-state index contributed by atoms with van der Waals surface area (Å²) in [5, 5.41) is 3.35. The first-order valence-electron chi connectivity index (χ1n) is 7.49. The molecule has 0 atom stereocenters. The molecule has 0 bridgehead atoms. The van der Waals surface area contributed by atoms with Gasteiger partial charge in [-0.1, -0.05) is 12.1 Å². The fourth-order valence-corrected chi connectivity index (χ4v) is 2.50. The molecule has 21 heavy (non-hydrogen) atoms. The minimum Gasteiger partial charge on any atom is -0.497 e. The van der Waals surface area contributed by atoms with Gasteiger partial charge in [-0.05, 0) is 37.2 Å². The van der Waals surface area contributed by atoms with Crippen molar-refractivity contribution in [3.8, 4) is 5.75 Å². The zero-order valence-electron chi connectivity index (χ0n) is 13.0. The molecule has 1 heterocycles. The monoisotopic (exact) mass is 291 g/mol. The molecule has 5 heteroatoms. The number of rotatable bonds is 5. The third-order valence-electron chi connectivity index (χ3n) is 3.77. The molecule has 1 aliphatic rings. The fourth-order valence-electron chi connectivity index (χ4n) is 2.50. The Hall–Kier alpha value is -1.59. The van der Waals surface area contributed by atoms with Gasteiger partial charge in [-0.25, -0.2) is 0 Å². The number of hydrogen-bond acceptors (Lipinski definition) is 4. The van der Waals surface area contributed by atoms with Crippen LogP contribution in [0.25, 0.3) is 0 Å². The van der Waals surface area contributed by atoms with Crippen LogP contribution in [0.15, 0.2) is 24.3 Å². The van der Waals surface area contributed by atoms with Crippen LogP contribution < -0.4 is 10.1 Å². The van der Waals surface area contributed by atoms with Crippen LogP contribution in [0.2, 0.25) is 0 Å². The Morgan fingerprint density at radius 3 is 3.05 bits per heavy atom. The van der Waals surface area contributed by atoms with E-state index in [9.17, 15) is 4.79 Å². The van der Waals surface area contributed by atoms with Crippen LogP contribution in [0, 0.1) is 0 Å². The molecule has 1 fully saturated rings. The molecule has 1 aromatic rings. The predicted octanol–water partition coefficient (Wildman–Crippen LogP) is 0.949. The minimum absolute atomic E-state index is 0.166. The van der Waals surface area contributed by atoms with Gasteiger partial charge in [-0.3, -0.25) is 9.69 Å². The van der Waals surface area contributed by atoms with Gasteiger partial charge < -0.3 is 15.0 Å². The topological polar surface area (TPSA) is 44.8 Å². The molecule has 116 valence electrons. The third kappa shape index (κ3) is 5.02. The van der Waals surface area contributed by atoms with E-state index in [-0.39, 0.29) is 5.91 Å². The van der Waals surface area contributed by atoms with Gasteiger partial charge in [0.15, 0.2) is 0 Å². The highest BCUT2D eigenvalue weighted by atomic mass is 16.5. The molecular formula is C16H25N3O2. The maximum absolute atomic E-state index is 12.3. The molecular weight excluding hydrogens is 266 g/mol. The Morgan fingerprint density at radius 1 is 1.38 bits per heavy atom. The maximum Gasteiger partial charge on any atom is 0.236 e. The smallest absolute Gasteiger partial charge is 0.236 e. The van der Waals surface area contributed by atoms with Gasteiger partial charge in [0, 0.05) is 26.7 Å². The zero-order chi connectivity index (χ0) is 15.1. The second-order valence-corrected chi connectivity index (χ2v) is 5.48. The molecule has 2 rings (SSSR count). The molecule has 1 aromatic carbocycles. The summed E-state index contributed by atoms with van der Waals surface area (Å²) in [6.07, 6.45) is 1.10. The van der Waals surface area contributed by atoms with E-state index in [0.717, 1.165) is 43.9 Å². The van der Waals surface area contributed by atoms with E-state index in [1.807, 2.05) is 31.3 Å². The number of ether oxygens (including phenoxy) is 1. The lowest BCUT2D eigenvalue weighted by atomic mass is 10.2. The summed E-state index contributed by atoms with van der Waals surface area (Å²) in [4.78, 5) is 16.3. The van der Waals surface area contributed by atoms with Crippen molar-refractivity contribution < 1.29 is 9.53 Å². The number of carbonyl (C=O) groups is 1. The van der Waals surface area contributed by atoms with Crippen molar-refractivity contribution in [3.63, 3.8) is 0 Å². The van der Waals surface area contributed by atoms with E-state index in [1.165, 1.54) is 0 Å². The van der Waals surface area contributed by atoms with Crippen LogP contribution in [-0.4, -0.2) is 62.6 Å². The molecule has 1 amide bonds. The number of likely N-dealkylation sites (N-methyl/N-ethyl adjacent to an activating group) is 1. The molecule has 0 spiro atoms. The second-order valence-electron chi connectivity index (χ2n) is 5.48. The lowest BCUT2D eigenvalue weighted by molar-refractivity contribution is -0.131. The molecule has 0 saturated carbocycles. The van der Waals surface area contributed by atoms with Gasteiger partial charge in [0.1, 0.15) is 5.75 Å². The van der Waals surface area contributed by atoms with Gasteiger partial charge in [0.2, 0.25) is 5.91 Å². The number of amides is 1. The highest BCUT2D eigenvalue weighted by Crippen LogP contribution is 2.14. The third-order valence-corrected chi connectivity index (χ3v) is 3.77. The standard InChI is InChI=1S/C16H25N3O2/c1-18(12-14-5-3-6-15(11-14)21-2)16(20)13-19-9-4-7-17-8-10-19/h3,5-6,11,17H,4,7-10,12-13H2,1-2H3. The fraction of sp³-hybridized carbons (Fsp3) is 0.562. The molecule has 0 aliphatic carbocycles. The largest absolute Gasteiger partial charge is 0.497 e. The second kappa shape index (κ2) is 8.00. The van der Waals surface area contributed by atoms with Crippen LogP contribution in [0.5, 0.6) is 5.75 Å². The molecule has 0 aromatic heterocycles. The van der Waals surface area contributed by atoms with Crippen LogP contribution in [0.1, 0.15) is 12.0 Å². The first-order valence-corrected chi connectivity index (χ1v) is 7.49. The summed E-state index contributed by atoms with van der Waals surface area (Å²) in [5.41, 5.74) is 1.09. The summed E-state index contributed by atoms with van der Waals surface area (Å²) in [5.74, 6) is 0.992. The van der Waals surface area contributed by atoms with Crippen molar-refractivity contribution in [2.45, 2.75) is 13.0 Å². The average Bonchev–Trinajstić information content (AvgIpc) is 2.76. The Kier molecular flexibility index (Phi) is 6.02. The van der Waals surface area contributed by atoms with Gasteiger partial charge in [0.05, 0.1) is 13.7 Å². The van der Waals surface area contributed by atoms with Crippen LogP contribution in [0.3, 0.4) is 0 Å². The van der Waals surface area contributed by atoms with E-state index in [4.69, 9.17) is 4.74 Å². The van der Waals surface area contributed by atoms with Crippen LogP contribution in [0.4, 0.5) is 0 Å². The molecule has 1 N–H and O–H groups in total. The van der Waals surface area contributed by atoms with E-state index < -0.39 is 0 Å². The molecule has 1 saturated heterocycles. The molecule has 5 nitrogen and oxygen atoms in total. The van der Waals surface area contributed by atoms with Crippen molar-refractivity contribution in [2.24, 2.45) is 0 Å². The number of methoxy groups -OCH3 is 1. The van der Waals surface area contributed by atoms with Crippen molar-refractivity contribution in [3.05, 3.63) is 29.8 Å². The summed E-state index contributed by atoms with van der Waals surface area (Å²) < 4.78 is 5.21. The summed E-state index contributed by atoms with van der Waals surface area (Å²) in [7, 11) is 3.51. The quantitative estimate of drug-likeness (QED) is 0.877. The number of hydrogen-bond donors (Lipinski definition) is 1. The van der Waals surface area contributed by atoms with Crippen LogP contribution >= 0.6 is 0 Å². The van der Waals surface area contributed by atoms with E-state index in [0.29, 0.717) is 13.1 Å². The highest BCUT2D eigenvalue weighted by Gasteiger charge is 2.16. The minimum atomic E-state index is 0.166. The Labute approximate surface area is 126 Å². The first kappa shape index (κ1) is 15.8. The summed E-state index contributed by atoms with van der Waals surface area (Å²) in [6.45, 7) is 5.06. The van der Waals surface area contributed by atoms with E-state index >= 15 is 0 Å². The van der Waals surface area contributed by atoms with Crippen molar-refractivity contribution in [1.82, 2.24) is 15.1 Å². The molecule has 1 aliphatic heterocycles. The maximum atomic E-state index is 12.3.